The van der Waals surface area contributed by atoms with Gasteiger partial charge in [0, 0.05) is 23.9 Å². The Balaban J connectivity index is 1.56. The highest BCUT2D eigenvalue weighted by Gasteiger charge is 2.73. The number of fused-ring (bicyclic) bond motifs is 2. The Labute approximate surface area is 204 Å². The summed E-state index contributed by atoms with van der Waals surface area (Å²) >= 11 is 0. The zero-order valence-corrected chi connectivity index (χ0v) is 21.6. The van der Waals surface area contributed by atoms with Crippen molar-refractivity contribution in [1.29, 1.82) is 0 Å². The minimum Gasteiger partial charge on any atom is -0.497 e. The lowest BCUT2D eigenvalue weighted by atomic mass is 9.39. The highest BCUT2D eigenvalue weighted by molar-refractivity contribution is 6.05. The van der Waals surface area contributed by atoms with E-state index in [-0.39, 0.29) is 28.6 Å². The average Bonchev–Trinajstić information content (AvgIpc) is 3.34. The molecule has 5 heteroatoms. The summed E-state index contributed by atoms with van der Waals surface area (Å²) in [5, 5.41) is 0. The molecule has 2 saturated carbocycles. The minimum absolute atomic E-state index is 0.118. The minimum atomic E-state index is -1.06. The van der Waals surface area contributed by atoms with Gasteiger partial charge in [-0.15, -0.1) is 0 Å². The van der Waals surface area contributed by atoms with Crippen molar-refractivity contribution in [2.24, 2.45) is 16.7 Å². The molecule has 2 aliphatic heterocycles. The zero-order valence-electron chi connectivity index (χ0n) is 21.6. The second kappa shape index (κ2) is 8.36. The molecule has 2 saturated heterocycles. The third kappa shape index (κ3) is 3.14. The number of nitrogens with zero attached hydrogens (tertiary/aromatic N) is 1. The molecule has 5 atom stereocenters. The Hall–Kier alpha value is -1.88. The molecule has 4 fully saturated rings. The normalized spacial score (nSPS) is 36.9. The van der Waals surface area contributed by atoms with Gasteiger partial charge in [0.1, 0.15) is 11.2 Å². The van der Waals surface area contributed by atoms with Gasteiger partial charge >= 0.3 is 5.97 Å². The van der Waals surface area contributed by atoms with E-state index in [9.17, 15) is 9.59 Å². The average molecular weight is 468 g/mol. The number of ketones is 1. The number of esters is 1. The Kier molecular flexibility index (Phi) is 5.86. The van der Waals surface area contributed by atoms with Gasteiger partial charge in [-0.2, -0.15) is 0 Å². The van der Waals surface area contributed by atoms with Gasteiger partial charge in [-0.05, 0) is 74.2 Å². The summed E-state index contributed by atoms with van der Waals surface area (Å²) in [5.41, 5.74) is 1.29. The molecule has 0 spiro atoms. The van der Waals surface area contributed by atoms with Crippen molar-refractivity contribution in [2.45, 2.75) is 96.1 Å². The molecular weight excluding hydrogens is 426 g/mol. The Bertz CT molecular complexity index is 984. The van der Waals surface area contributed by atoms with Gasteiger partial charge in [0.25, 0.3) is 0 Å². The van der Waals surface area contributed by atoms with Gasteiger partial charge in [0.05, 0.1) is 13.7 Å². The van der Waals surface area contributed by atoms with Gasteiger partial charge in [0.2, 0.25) is 0 Å². The van der Waals surface area contributed by atoms with E-state index in [0.29, 0.717) is 31.4 Å². The van der Waals surface area contributed by atoms with Gasteiger partial charge in [-0.3, -0.25) is 14.5 Å². The smallest absolute Gasteiger partial charge is 0.321 e. The molecule has 0 radical (unpaired) electrons. The van der Waals surface area contributed by atoms with Crippen molar-refractivity contribution >= 4 is 11.8 Å². The highest BCUT2D eigenvalue weighted by Crippen LogP contribution is 2.68. The molecule has 5 nitrogen and oxygen atoms in total. The van der Waals surface area contributed by atoms with Crippen molar-refractivity contribution in [3.8, 4) is 5.75 Å². The number of rotatable bonds is 7. The fraction of sp³-hybridized carbons (Fsp3) is 0.724. The third-order valence-corrected chi connectivity index (χ3v) is 10.5. The number of hydrogen-bond acceptors (Lipinski definition) is 5. The van der Waals surface area contributed by atoms with Crippen LogP contribution in [0, 0.1) is 16.7 Å². The molecule has 3 unspecified atom stereocenters. The van der Waals surface area contributed by atoms with Crippen molar-refractivity contribution in [3.05, 3.63) is 29.3 Å². The Morgan fingerprint density at radius 3 is 2.56 bits per heavy atom. The molecule has 6 rings (SSSR count). The van der Waals surface area contributed by atoms with E-state index in [0.717, 1.165) is 25.0 Å². The Morgan fingerprint density at radius 2 is 1.88 bits per heavy atom. The topological polar surface area (TPSA) is 55.8 Å². The molecule has 4 bridgehead atoms. The number of piperidine rings is 2. The largest absolute Gasteiger partial charge is 0.497 e. The molecule has 1 aromatic carbocycles. The summed E-state index contributed by atoms with van der Waals surface area (Å²) in [6.45, 7) is 6.84. The molecular formula is C29H41NO4. The van der Waals surface area contributed by atoms with Gasteiger partial charge in [-0.25, -0.2) is 0 Å². The number of methoxy groups -OCH3 is 1. The zero-order chi connectivity index (χ0) is 24.3. The molecule has 0 amide bonds. The molecule has 34 heavy (non-hydrogen) atoms. The summed E-state index contributed by atoms with van der Waals surface area (Å²) in [4.78, 5) is 30.2. The first-order chi connectivity index (χ1) is 16.2. The van der Waals surface area contributed by atoms with Gasteiger partial charge in [-0.1, -0.05) is 45.6 Å². The van der Waals surface area contributed by atoms with Crippen molar-refractivity contribution in [1.82, 2.24) is 4.90 Å². The van der Waals surface area contributed by atoms with Crippen LogP contribution in [0.1, 0.15) is 83.3 Å². The van der Waals surface area contributed by atoms with E-state index in [2.05, 4.69) is 44.0 Å². The van der Waals surface area contributed by atoms with Crippen LogP contribution in [0.4, 0.5) is 0 Å². The second-order valence-electron chi connectivity index (χ2n) is 11.9. The van der Waals surface area contributed by atoms with E-state index in [4.69, 9.17) is 9.47 Å². The van der Waals surface area contributed by atoms with Crippen LogP contribution in [0.3, 0.4) is 0 Å². The summed E-state index contributed by atoms with van der Waals surface area (Å²) in [6.07, 6.45) is 8.69. The molecule has 2 heterocycles. The maximum absolute atomic E-state index is 14.1. The molecule has 186 valence electrons. The van der Waals surface area contributed by atoms with Gasteiger partial charge < -0.3 is 9.47 Å². The first-order valence-corrected chi connectivity index (χ1v) is 13.3. The van der Waals surface area contributed by atoms with E-state index in [1.54, 1.807) is 7.11 Å². The second-order valence-corrected chi connectivity index (χ2v) is 11.9. The van der Waals surface area contributed by atoms with Crippen molar-refractivity contribution in [3.63, 3.8) is 0 Å². The van der Waals surface area contributed by atoms with E-state index < -0.39 is 5.41 Å². The lowest BCUT2D eigenvalue weighted by Gasteiger charge is -2.71. The number of carbonyl (C=O) groups is 2. The summed E-state index contributed by atoms with van der Waals surface area (Å²) < 4.78 is 11.3. The van der Waals surface area contributed by atoms with Crippen LogP contribution in [0.5, 0.6) is 5.75 Å². The van der Waals surface area contributed by atoms with Crippen LogP contribution >= 0.6 is 0 Å². The molecule has 3 aliphatic carbocycles. The van der Waals surface area contributed by atoms with E-state index >= 15 is 0 Å². The first kappa shape index (κ1) is 23.8. The molecule has 0 N–H and O–H groups in total. The number of carbonyl (C=O) groups excluding carboxylic acids is 2. The lowest BCUT2D eigenvalue weighted by Crippen LogP contribution is -2.78. The monoisotopic (exact) mass is 467 g/mol. The predicted octanol–water partition coefficient (Wildman–Crippen LogP) is 5.08. The fourth-order valence-electron chi connectivity index (χ4n) is 8.42. The lowest BCUT2D eigenvalue weighted by molar-refractivity contribution is -0.208. The summed E-state index contributed by atoms with van der Waals surface area (Å²) in [7, 11) is 3.85. The van der Waals surface area contributed by atoms with Crippen LogP contribution in [0.15, 0.2) is 18.2 Å². The number of benzene rings is 1. The molecule has 5 aliphatic rings. The van der Waals surface area contributed by atoms with E-state index in [1.165, 1.54) is 36.8 Å². The summed E-state index contributed by atoms with van der Waals surface area (Å²) in [5.74, 6) is 1.34. The van der Waals surface area contributed by atoms with Crippen molar-refractivity contribution in [2.75, 3.05) is 20.8 Å². The summed E-state index contributed by atoms with van der Waals surface area (Å²) in [6, 6.07) is 6.62. The SMILES string of the molecule is CCOC(=O)C1(C(=O)CCC2CCCC2)C[C@]2(C)C3Cc4ccc(OC)cc4[C@]2(C)CC1N3C. The van der Waals surface area contributed by atoms with Crippen molar-refractivity contribution < 1.29 is 19.1 Å². The van der Waals surface area contributed by atoms with Gasteiger partial charge in [0.15, 0.2) is 5.78 Å². The maximum Gasteiger partial charge on any atom is 0.321 e. The van der Waals surface area contributed by atoms with Crippen LogP contribution in [-0.2, 0) is 26.2 Å². The van der Waals surface area contributed by atoms with Crippen LogP contribution in [0.2, 0.25) is 0 Å². The maximum atomic E-state index is 14.1. The fourth-order valence-corrected chi connectivity index (χ4v) is 8.42. The number of Topliss-reactive ketones (excluding diaryl/α,β-unsaturated/α-hetero) is 1. The van der Waals surface area contributed by atoms with Crippen LogP contribution in [-0.4, -0.2) is 49.5 Å². The molecule has 1 aromatic rings. The standard InChI is InChI=1S/C29H41NO4/c1-6-34-26(32)29(25(31)14-11-19-9-7-8-10-19)18-28(3)23-15-20-12-13-21(33-5)16-22(20)27(28,2)17-24(29)30(23)4/h12-13,16,19,23-24H,6-11,14-15,17-18H2,1-5H3/t23?,24?,27-,28+,29?/m0/s1. The van der Waals surface area contributed by atoms with Crippen LogP contribution in [0.25, 0.3) is 0 Å². The highest BCUT2D eigenvalue weighted by atomic mass is 16.5. The third-order valence-electron chi connectivity index (χ3n) is 10.5. The van der Waals surface area contributed by atoms with E-state index in [1.807, 2.05) is 6.92 Å². The quantitative estimate of drug-likeness (QED) is 0.413. The predicted molar refractivity (Wildman–Crippen MR) is 132 cm³/mol. The Morgan fingerprint density at radius 1 is 1.15 bits per heavy atom. The van der Waals surface area contributed by atoms with Crippen LogP contribution < -0.4 is 4.74 Å². The first-order valence-electron chi connectivity index (χ1n) is 13.3. The number of hydrogen-bond donors (Lipinski definition) is 0. The number of ether oxygens (including phenoxy) is 2. The molecule has 0 aromatic heterocycles. The number of likely N-dealkylation sites (N-methyl/N-ethyl adjacent to an activating group) is 1.